The van der Waals surface area contributed by atoms with Crippen molar-refractivity contribution in [3.63, 3.8) is 0 Å². The van der Waals surface area contributed by atoms with Gasteiger partial charge in [0.25, 0.3) is 0 Å². The van der Waals surface area contributed by atoms with Gasteiger partial charge >= 0.3 is 0 Å². The molecule has 0 spiro atoms. The maximum atomic E-state index is 4.75. The Labute approximate surface area is 115 Å². The van der Waals surface area contributed by atoms with Crippen molar-refractivity contribution in [2.24, 2.45) is 5.41 Å². The van der Waals surface area contributed by atoms with Crippen LogP contribution >= 0.6 is 11.3 Å². The van der Waals surface area contributed by atoms with Crippen LogP contribution in [0.5, 0.6) is 0 Å². The van der Waals surface area contributed by atoms with Crippen LogP contribution in [0.1, 0.15) is 54.6 Å². The van der Waals surface area contributed by atoms with Gasteiger partial charge in [-0.2, -0.15) is 0 Å². The summed E-state index contributed by atoms with van der Waals surface area (Å²) < 4.78 is 0. The minimum atomic E-state index is 0.477. The second-order valence-electron chi connectivity index (χ2n) is 5.77. The highest BCUT2D eigenvalue weighted by molar-refractivity contribution is 7.11. The average molecular weight is 266 g/mol. The predicted molar refractivity (Wildman–Crippen MR) is 79.4 cm³/mol. The molecule has 0 aliphatic heterocycles. The lowest BCUT2D eigenvalue weighted by Crippen LogP contribution is -2.37. The molecule has 3 heteroatoms. The molecule has 1 fully saturated rings. The number of hydrogen-bond acceptors (Lipinski definition) is 3. The van der Waals surface area contributed by atoms with Crippen LogP contribution in [0, 0.1) is 19.3 Å². The largest absolute Gasteiger partial charge is 0.316 e. The van der Waals surface area contributed by atoms with Crippen molar-refractivity contribution in [3.8, 4) is 0 Å². The van der Waals surface area contributed by atoms with Crippen LogP contribution in [0.15, 0.2) is 0 Å². The molecule has 0 bridgehead atoms. The molecule has 1 aromatic rings. The molecule has 1 N–H and O–H groups in total. The van der Waals surface area contributed by atoms with Gasteiger partial charge in [-0.3, -0.25) is 0 Å². The standard InChI is InChI=1S/C15H26N2S/c1-4-16-11-15(8-6-5-7-9-15)10-14-17-12(2)13(3)18-14/h16H,4-11H2,1-3H3. The molecule has 1 saturated carbocycles. The van der Waals surface area contributed by atoms with Gasteiger partial charge in [0.2, 0.25) is 0 Å². The van der Waals surface area contributed by atoms with E-state index in [4.69, 9.17) is 4.98 Å². The minimum absolute atomic E-state index is 0.477. The van der Waals surface area contributed by atoms with Crippen molar-refractivity contribution in [1.29, 1.82) is 0 Å². The van der Waals surface area contributed by atoms with E-state index in [-0.39, 0.29) is 0 Å². The van der Waals surface area contributed by atoms with Gasteiger partial charge in [-0.1, -0.05) is 26.2 Å². The highest BCUT2D eigenvalue weighted by atomic mass is 32.1. The number of aromatic nitrogens is 1. The molecule has 0 saturated heterocycles. The van der Waals surface area contributed by atoms with Crippen LogP contribution in [0.3, 0.4) is 0 Å². The Morgan fingerprint density at radius 2 is 1.94 bits per heavy atom. The zero-order chi connectivity index (χ0) is 13.0. The van der Waals surface area contributed by atoms with Crippen molar-refractivity contribution in [2.75, 3.05) is 13.1 Å². The van der Waals surface area contributed by atoms with E-state index in [0.717, 1.165) is 6.54 Å². The van der Waals surface area contributed by atoms with Gasteiger partial charge in [0.1, 0.15) is 0 Å². The second kappa shape index (κ2) is 6.16. The lowest BCUT2D eigenvalue weighted by molar-refractivity contribution is 0.182. The Morgan fingerprint density at radius 3 is 2.50 bits per heavy atom. The van der Waals surface area contributed by atoms with Gasteiger partial charge in [-0.15, -0.1) is 11.3 Å². The lowest BCUT2D eigenvalue weighted by atomic mass is 9.72. The Hall–Kier alpha value is -0.410. The number of aryl methyl sites for hydroxylation is 2. The molecule has 18 heavy (non-hydrogen) atoms. The maximum Gasteiger partial charge on any atom is 0.0936 e. The Balaban J connectivity index is 2.08. The van der Waals surface area contributed by atoms with E-state index in [0.29, 0.717) is 5.41 Å². The fourth-order valence-electron chi connectivity index (χ4n) is 3.04. The molecule has 102 valence electrons. The van der Waals surface area contributed by atoms with Gasteiger partial charge < -0.3 is 5.32 Å². The fraction of sp³-hybridized carbons (Fsp3) is 0.800. The molecular weight excluding hydrogens is 240 g/mol. The van der Waals surface area contributed by atoms with Crippen LogP contribution in [-0.2, 0) is 6.42 Å². The second-order valence-corrected chi connectivity index (χ2v) is 7.05. The van der Waals surface area contributed by atoms with E-state index in [1.54, 1.807) is 0 Å². The Bertz CT molecular complexity index is 358. The molecule has 2 nitrogen and oxygen atoms in total. The Kier molecular flexibility index (Phi) is 4.79. The van der Waals surface area contributed by atoms with E-state index >= 15 is 0 Å². The number of nitrogens with zero attached hydrogens (tertiary/aromatic N) is 1. The summed E-state index contributed by atoms with van der Waals surface area (Å²) in [6.45, 7) is 8.77. The van der Waals surface area contributed by atoms with E-state index in [2.05, 4.69) is 26.1 Å². The van der Waals surface area contributed by atoms with Crippen molar-refractivity contribution in [1.82, 2.24) is 10.3 Å². The molecule has 0 radical (unpaired) electrons. The lowest BCUT2D eigenvalue weighted by Gasteiger charge is -2.37. The summed E-state index contributed by atoms with van der Waals surface area (Å²) in [4.78, 5) is 6.14. The molecule has 0 atom stereocenters. The van der Waals surface area contributed by atoms with Crippen molar-refractivity contribution in [2.45, 2.75) is 59.3 Å². The average Bonchev–Trinajstić information content (AvgIpc) is 2.67. The monoisotopic (exact) mass is 266 g/mol. The molecule has 0 unspecified atom stereocenters. The maximum absolute atomic E-state index is 4.75. The van der Waals surface area contributed by atoms with Crippen molar-refractivity contribution in [3.05, 3.63) is 15.6 Å². The number of rotatable bonds is 5. The molecule has 1 heterocycles. The third-order valence-electron chi connectivity index (χ3n) is 4.26. The van der Waals surface area contributed by atoms with E-state index < -0.39 is 0 Å². The first-order chi connectivity index (χ1) is 8.65. The summed E-state index contributed by atoms with van der Waals surface area (Å²) in [7, 11) is 0. The van der Waals surface area contributed by atoms with Gasteiger partial charge in [-0.25, -0.2) is 4.98 Å². The number of hydrogen-bond donors (Lipinski definition) is 1. The van der Waals surface area contributed by atoms with Crippen LogP contribution in [0.4, 0.5) is 0 Å². The molecule has 1 aromatic heterocycles. The highest BCUT2D eigenvalue weighted by Crippen LogP contribution is 2.39. The minimum Gasteiger partial charge on any atom is -0.316 e. The first-order valence-electron chi connectivity index (χ1n) is 7.29. The number of thiazole rings is 1. The summed E-state index contributed by atoms with van der Waals surface area (Å²) in [5.41, 5.74) is 1.70. The Morgan fingerprint density at radius 1 is 1.22 bits per heavy atom. The highest BCUT2D eigenvalue weighted by Gasteiger charge is 2.32. The molecule has 2 rings (SSSR count). The molecule has 1 aliphatic carbocycles. The first-order valence-corrected chi connectivity index (χ1v) is 8.10. The van der Waals surface area contributed by atoms with E-state index in [1.807, 2.05) is 11.3 Å². The third-order valence-corrected chi connectivity index (χ3v) is 5.34. The van der Waals surface area contributed by atoms with E-state index in [1.165, 1.54) is 60.6 Å². The predicted octanol–water partition coefficient (Wildman–Crippen LogP) is 3.86. The summed E-state index contributed by atoms with van der Waals surface area (Å²) in [5, 5.41) is 4.93. The molecule has 0 aromatic carbocycles. The summed E-state index contributed by atoms with van der Waals surface area (Å²) in [6.07, 6.45) is 8.14. The topological polar surface area (TPSA) is 24.9 Å². The van der Waals surface area contributed by atoms with Crippen molar-refractivity contribution >= 4 is 11.3 Å². The van der Waals surface area contributed by atoms with Crippen LogP contribution < -0.4 is 5.32 Å². The van der Waals surface area contributed by atoms with Gasteiger partial charge in [0, 0.05) is 17.8 Å². The first kappa shape index (κ1) is 14.0. The zero-order valence-corrected chi connectivity index (χ0v) is 12.8. The van der Waals surface area contributed by atoms with Gasteiger partial charge in [0.05, 0.1) is 10.7 Å². The fourth-order valence-corrected chi connectivity index (χ4v) is 4.15. The molecule has 1 aliphatic rings. The third kappa shape index (κ3) is 3.33. The SMILES string of the molecule is CCNCC1(Cc2nc(C)c(C)s2)CCCCC1. The summed E-state index contributed by atoms with van der Waals surface area (Å²) >= 11 is 1.90. The molecule has 0 amide bonds. The zero-order valence-electron chi connectivity index (χ0n) is 12.0. The number of nitrogens with one attached hydrogen (secondary N) is 1. The van der Waals surface area contributed by atoms with Gasteiger partial charge in [-0.05, 0) is 38.6 Å². The van der Waals surface area contributed by atoms with Gasteiger partial charge in [0.15, 0.2) is 0 Å². The summed E-state index contributed by atoms with van der Waals surface area (Å²) in [5.74, 6) is 0. The van der Waals surface area contributed by atoms with Crippen molar-refractivity contribution < 1.29 is 0 Å². The normalized spacial score (nSPS) is 19.1. The van der Waals surface area contributed by atoms with E-state index in [9.17, 15) is 0 Å². The summed E-state index contributed by atoms with van der Waals surface area (Å²) in [6, 6.07) is 0. The molecular formula is C15H26N2S. The van der Waals surface area contributed by atoms with Crippen LogP contribution in [-0.4, -0.2) is 18.1 Å². The quantitative estimate of drug-likeness (QED) is 0.875. The van der Waals surface area contributed by atoms with Crippen LogP contribution in [0.25, 0.3) is 0 Å². The smallest absolute Gasteiger partial charge is 0.0936 e. The van der Waals surface area contributed by atoms with Crippen LogP contribution in [0.2, 0.25) is 0 Å².